The van der Waals surface area contributed by atoms with Crippen LogP contribution in [-0.4, -0.2) is 25.0 Å². The zero-order valence-electron chi connectivity index (χ0n) is 10.8. The molecule has 1 aliphatic carbocycles. The summed E-state index contributed by atoms with van der Waals surface area (Å²) in [5, 5.41) is 0. The molecule has 1 saturated carbocycles. The second-order valence-corrected chi connectivity index (χ2v) is 5.80. The van der Waals surface area contributed by atoms with Crippen LogP contribution in [0, 0.1) is 5.92 Å². The highest BCUT2D eigenvalue weighted by Gasteiger charge is 2.33. The minimum Gasteiger partial charge on any atom is -0.461 e. The number of benzene rings is 1. The summed E-state index contributed by atoms with van der Waals surface area (Å²) in [5.74, 6) is -0.749. The number of esters is 1. The molecule has 1 aromatic carbocycles. The molecule has 0 aliphatic heterocycles. The van der Waals surface area contributed by atoms with Gasteiger partial charge in [0, 0.05) is 0 Å². The maximum absolute atomic E-state index is 11.8. The van der Waals surface area contributed by atoms with E-state index in [1.165, 1.54) is 0 Å². The number of rotatable bonds is 5. The second-order valence-electron chi connectivity index (χ2n) is 4.75. The van der Waals surface area contributed by atoms with E-state index in [2.05, 4.69) is 4.18 Å². The molecule has 1 aliphatic rings. The summed E-state index contributed by atoms with van der Waals surface area (Å²) in [5.41, 5.74) is 0.893. The van der Waals surface area contributed by atoms with Crippen LogP contribution in [0.15, 0.2) is 30.3 Å². The van der Waals surface area contributed by atoms with E-state index >= 15 is 0 Å². The van der Waals surface area contributed by atoms with E-state index in [0.29, 0.717) is 12.8 Å². The number of hydrogen-bond acceptors (Lipinski definition) is 5. The van der Waals surface area contributed by atoms with Gasteiger partial charge in [0.25, 0.3) is 0 Å². The first-order valence-electron chi connectivity index (χ1n) is 6.30. The second kappa shape index (κ2) is 6.34. The predicted molar refractivity (Wildman–Crippen MR) is 70.0 cm³/mol. The zero-order valence-corrected chi connectivity index (χ0v) is 11.6. The number of ether oxygens (including phenoxy) is 1. The Bertz CT molecular complexity index is 553. The Hall–Kier alpha value is -1.44. The molecular weight excluding hydrogens is 284 g/mol. The fraction of sp³-hybridized carbons (Fsp3) is 0.462. The zero-order chi connectivity index (χ0) is 14.6. The quantitative estimate of drug-likeness (QED) is 0.658. The summed E-state index contributed by atoms with van der Waals surface area (Å²) >= 11 is 0. The summed E-state index contributed by atoms with van der Waals surface area (Å²) in [6.45, 7) is 0.194. The van der Waals surface area contributed by atoms with E-state index in [-0.39, 0.29) is 24.9 Å². The lowest BCUT2D eigenvalue weighted by Gasteiger charge is -2.10. The number of carbonyl (C=O) groups excluding carboxylic acids is 1. The van der Waals surface area contributed by atoms with Gasteiger partial charge in [-0.25, -0.2) is 4.18 Å². The molecule has 0 spiro atoms. The van der Waals surface area contributed by atoms with Gasteiger partial charge in [-0.3, -0.25) is 9.35 Å². The van der Waals surface area contributed by atoms with E-state index in [9.17, 15) is 13.2 Å². The Labute approximate surface area is 117 Å². The van der Waals surface area contributed by atoms with Gasteiger partial charge in [0.15, 0.2) is 0 Å². The Balaban J connectivity index is 1.80. The van der Waals surface area contributed by atoms with E-state index < -0.39 is 16.5 Å². The SMILES string of the molecule is O=C(OCc1ccccc1)C1CCC(OS(=O)(=O)O)C1. The van der Waals surface area contributed by atoms with Crippen molar-refractivity contribution in [2.45, 2.75) is 32.0 Å². The molecule has 1 aromatic rings. The largest absolute Gasteiger partial charge is 0.461 e. The van der Waals surface area contributed by atoms with Crippen LogP contribution in [0.1, 0.15) is 24.8 Å². The van der Waals surface area contributed by atoms with Gasteiger partial charge in [0.2, 0.25) is 0 Å². The lowest BCUT2D eigenvalue weighted by atomic mass is 10.1. The monoisotopic (exact) mass is 300 g/mol. The summed E-state index contributed by atoms with van der Waals surface area (Å²) in [4.78, 5) is 11.8. The molecule has 2 rings (SSSR count). The fourth-order valence-corrected chi connectivity index (χ4v) is 2.78. The van der Waals surface area contributed by atoms with Crippen molar-refractivity contribution < 1.29 is 26.7 Å². The first-order valence-corrected chi connectivity index (χ1v) is 7.67. The third-order valence-corrected chi connectivity index (χ3v) is 3.71. The van der Waals surface area contributed by atoms with Gasteiger partial charge in [-0.05, 0) is 24.8 Å². The molecule has 6 nitrogen and oxygen atoms in total. The van der Waals surface area contributed by atoms with Crippen molar-refractivity contribution in [1.29, 1.82) is 0 Å². The lowest BCUT2D eigenvalue weighted by Crippen LogP contribution is -2.18. The lowest BCUT2D eigenvalue weighted by molar-refractivity contribution is -0.149. The van der Waals surface area contributed by atoms with Gasteiger partial charge < -0.3 is 4.74 Å². The molecule has 7 heteroatoms. The summed E-state index contributed by atoms with van der Waals surface area (Å²) in [6, 6.07) is 9.29. The van der Waals surface area contributed by atoms with Crippen molar-refractivity contribution in [1.82, 2.24) is 0 Å². The van der Waals surface area contributed by atoms with Crippen LogP contribution in [0.5, 0.6) is 0 Å². The minimum atomic E-state index is -4.46. The molecule has 0 amide bonds. The molecule has 2 unspecified atom stereocenters. The summed E-state index contributed by atoms with van der Waals surface area (Å²) in [6.07, 6.45) is 0.492. The summed E-state index contributed by atoms with van der Waals surface area (Å²) in [7, 11) is -4.46. The van der Waals surface area contributed by atoms with Crippen LogP contribution < -0.4 is 0 Å². The fourth-order valence-electron chi connectivity index (χ4n) is 2.26. The highest BCUT2D eigenvalue weighted by molar-refractivity contribution is 7.80. The Morgan fingerprint density at radius 2 is 1.95 bits per heavy atom. The Morgan fingerprint density at radius 3 is 2.60 bits per heavy atom. The molecule has 0 aromatic heterocycles. The predicted octanol–water partition coefficient (Wildman–Crippen LogP) is 1.72. The normalized spacial score (nSPS) is 22.6. The van der Waals surface area contributed by atoms with Gasteiger partial charge in [0.05, 0.1) is 12.0 Å². The van der Waals surface area contributed by atoms with E-state index in [1.54, 1.807) is 0 Å². The highest BCUT2D eigenvalue weighted by atomic mass is 32.3. The maximum Gasteiger partial charge on any atom is 0.397 e. The third kappa shape index (κ3) is 4.59. The number of hydrogen-bond donors (Lipinski definition) is 1. The van der Waals surface area contributed by atoms with Gasteiger partial charge in [-0.2, -0.15) is 8.42 Å². The van der Waals surface area contributed by atoms with Gasteiger partial charge >= 0.3 is 16.4 Å². The average Bonchev–Trinajstić information content (AvgIpc) is 2.83. The van der Waals surface area contributed by atoms with E-state index in [4.69, 9.17) is 9.29 Å². The minimum absolute atomic E-state index is 0.194. The third-order valence-electron chi connectivity index (χ3n) is 3.20. The summed E-state index contributed by atoms with van der Waals surface area (Å²) < 4.78 is 39.4. The molecule has 110 valence electrons. The van der Waals surface area contributed by atoms with Crippen LogP contribution in [0.25, 0.3) is 0 Å². The molecule has 0 saturated heterocycles. The Kier molecular flexibility index (Phi) is 4.74. The molecule has 0 bridgehead atoms. The van der Waals surface area contributed by atoms with Crippen LogP contribution in [0.3, 0.4) is 0 Å². The number of carbonyl (C=O) groups is 1. The molecule has 0 heterocycles. The maximum atomic E-state index is 11.8. The van der Waals surface area contributed by atoms with Crippen molar-refractivity contribution in [2.24, 2.45) is 5.92 Å². The van der Waals surface area contributed by atoms with Crippen LogP contribution in [0.4, 0.5) is 0 Å². The molecule has 20 heavy (non-hydrogen) atoms. The molecule has 1 fully saturated rings. The molecule has 0 radical (unpaired) electrons. The molecule has 1 N–H and O–H groups in total. The van der Waals surface area contributed by atoms with Crippen molar-refractivity contribution in [3.8, 4) is 0 Å². The van der Waals surface area contributed by atoms with Crippen molar-refractivity contribution in [3.63, 3.8) is 0 Å². The highest BCUT2D eigenvalue weighted by Crippen LogP contribution is 2.29. The molecular formula is C13H16O6S. The van der Waals surface area contributed by atoms with Crippen LogP contribution in [0.2, 0.25) is 0 Å². The van der Waals surface area contributed by atoms with Crippen molar-refractivity contribution in [2.75, 3.05) is 0 Å². The van der Waals surface area contributed by atoms with Gasteiger partial charge in [-0.15, -0.1) is 0 Å². The van der Waals surface area contributed by atoms with Crippen molar-refractivity contribution in [3.05, 3.63) is 35.9 Å². The van der Waals surface area contributed by atoms with Crippen LogP contribution in [-0.2, 0) is 30.7 Å². The van der Waals surface area contributed by atoms with E-state index in [0.717, 1.165) is 5.56 Å². The first kappa shape index (κ1) is 15.0. The topological polar surface area (TPSA) is 89.9 Å². The van der Waals surface area contributed by atoms with E-state index in [1.807, 2.05) is 30.3 Å². The van der Waals surface area contributed by atoms with Gasteiger partial charge in [0.1, 0.15) is 6.61 Å². The first-order chi connectivity index (χ1) is 9.44. The van der Waals surface area contributed by atoms with Crippen molar-refractivity contribution >= 4 is 16.4 Å². The van der Waals surface area contributed by atoms with Crippen LogP contribution >= 0.6 is 0 Å². The Morgan fingerprint density at radius 1 is 1.25 bits per heavy atom. The average molecular weight is 300 g/mol. The standard InChI is InChI=1S/C13H16O6S/c14-13(18-9-10-4-2-1-3-5-10)11-6-7-12(8-11)19-20(15,16)17/h1-5,11-12H,6-9H2,(H,15,16,17). The molecule has 2 atom stereocenters. The van der Waals surface area contributed by atoms with Gasteiger partial charge in [-0.1, -0.05) is 30.3 Å². The smallest absolute Gasteiger partial charge is 0.397 e.